The second-order valence-electron chi connectivity index (χ2n) is 2.40. The van der Waals surface area contributed by atoms with Gasteiger partial charge in [-0.05, 0) is 11.6 Å². The first-order valence-electron chi connectivity index (χ1n) is 3.12. The Kier molecular flexibility index (Phi) is 3.78. The molecule has 0 aromatic carbocycles. The van der Waals surface area contributed by atoms with Gasteiger partial charge in [-0.15, -0.1) is 0 Å². The summed E-state index contributed by atoms with van der Waals surface area (Å²) in [7, 11) is 0. The highest BCUT2D eigenvalue weighted by Gasteiger charge is 2.34. The normalized spacial score (nSPS) is 20.8. The lowest BCUT2D eigenvalue weighted by Crippen LogP contribution is -2.36. The van der Waals surface area contributed by atoms with Gasteiger partial charge >= 0.3 is 5.97 Å². The molecule has 12 heavy (non-hydrogen) atoms. The number of aliphatic hydroxyl groups is 1. The highest BCUT2D eigenvalue weighted by molar-refractivity contribution is 6.24. The van der Waals surface area contributed by atoms with Gasteiger partial charge in [0.2, 0.25) is 5.25 Å². The number of hydrogen-bond acceptors (Lipinski definition) is 4. The van der Waals surface area contributed by atoms with Gasteiger partial charge < -0.3 is 9.84 Å². The summed E-state index contributed by atoms with van der Waals surface area (Å²) in [5, 5.41) is 5.21. The van der Waals surface area contributed by atoms with Crippen molar-refractivity contribution >= 4 is 29.2 Å². The molecule has 0 spiro atoms. The predicted molar refractivity (Wildman–Crippen MR) is 43.6 cm³/mol. The third-order valence-corrected chi connectivity index (χ3v) is 0.926. The smallest absolute Gasteiger partial charge is 0.306 e. The maximum absolute atomic E-state index is 10.4. The molecule has 2 unspecified atom stereocenters. The van der Waals surface area contributed by atoms with Gasteiger partial charge in [-0.3, -0.25) is 9.53 Å². The Morgan fingerprint density at radius 2 is 1.83 bits per heavy atom. The van der Waals surface area contributed by atoms with E-state index in [9.17, 15) is 4.79 Å². The first-order valence-corrected chi connectivity index (χ1v) is 3.88. The van der Waals surface area contributed by atoms with E-state index in [1.165, 1.54) is 6.92 Å². The largest absolute Gasteiger partial charge is 0.418 e. The zero-order chi connectivity index (χ0) is 9.99. The second kappa shape index (κ2) is 3.79. The zero-order valence-corrected chi connectivity index (χ0v) is 8.44. The molecule has 0 heterocycles. The number of hydrogen-bond donors (Lipinski definition) is 1. The maximum atomic E-state index is 10.4. The molecule has 0 aliphatic heterocycles. The number of carbonyl (C=O) groups excluding carboxylic acids is 1. The molecule has 0 aromatic heterocycles. The van der Waals surface area contributed by atoms with Gasteiger partial charge in [-0.1, -0.05) is 11.6 Å². The van der Waals surface area contributed by atoms with Crippen LogP contribution in [0.4, 0.5) is 0 Å². The lowest BCUT2D eigenvalue weighted by Gasteiger charge is -2.27. The lowest BCUT2D eigenvalue weighted by atomic mass is 10.6. The Balaban J connectivity index is 4.13. The van der Waals surface area contributed by atoms with Gasteiger partial charge in [-0.25, -0.2) is 0 Å². The van der Waals surface area contributed by atoms with Crippen molar-refractivity contribution in [2.24, 2.45) is 0 Å². The van der Waals surface area contributed by atoms with E-state index in [1.807, 2.05) is 0 Å². The Morgan fingerprint density at radius 3 is 2.08 bits per heavy atom. The van der Waals surface area contributed by atoms with Crippen molar-refractivity contribution < 1.29 is 19.4 Å². The van der Waals surface area contributed by atoms with E-state index in [-0.39, 0.29) is 0 Å². The molecule has 0 aromatic rings. The molecule has 0 bridgehead atoms. The van der Waals surface area contributed by atoms with E-state index in [4.69, 9.17) is 28.3 Å². The third kappa shape index (κ3) is 6.67. The average molecular weight is 217 g/mol. The minimum Gasteiger partial charge on any atom is -0.418 e. The summed E-state index contributed by atoms with van der Waals surface area (Å²) in [4.78, 5) is 10.4. The number of carbonyl (C=O) groups is 1. The Hall–Kier alpha value is -0.0300. The van der Waals surface area contributed by atoms with Gasteiger partial charge in [0, 0.05) is 20.8 Å². The van der Waals surface area contributed by atoms with Crippen LogP contribution in [0.5, 0.6) is 0 Å². The van der Waals surface area contributed by atoms with Gasteiger partial charge in [0.15, 0.2) is 0 Å². The van der Waals surface area contributed by atoms with Crippen molar-refractivity contribution in [2.75, 3.05) is 0 Å². The molecule has 0 saturated heterocycles. The Bertz CT molecular complexity index is 173. The number of esters is 1. The summed E-state index contributed by atoms with van der Waals surface area (Å²) in [6.45, 7) is 3.55. The van der Waals surface area contributed by atoms with E-state index in [2.05, 4.69) is 9.47 Å². The quantitative estimate of drug-likeness (QED) is 0.440. The fourth-order valence-corrected chi connectivity index (χ4v) is 1.06. The van der Waals surface area contributed by atoms with Crippen LogP contribution in [0.1, 0.15) is 20.8 Å². The van der Waals surface area contributed by atoms with Crippen LogP contribution in [0, 0.1) is 0 Å². The average Bonchev–Trinajstić information content (AvgIpc) is 1.48. The maximum Gasteiger partial charge on any atom is 0.306 e. The SMILES string of the molecule is CC(=O)OC(C)(Cl)OC(C)(O)Cl. The van der Waals surface area contributed by atoms with E-state index < -0.39 is 16.5 Å². The molecular formula is C6H10Cl2O4. The number of ether oxygens (including phenoxy) is 2. The summed E-state index contributed by atoms with van der Waals surface area (Å²) in [5.74, 6) is -0.631. The number of halogens is 2. The second-order valence-corrected chi connectivity index (χ2v) is 3.79. The summed E-state index contributed by atoms with van der Waals surface area (Å²) in [5.41, 5.74) is 0. The van der Waals surface area contributed by atoms with Crippen LogP contribution >= 0.6 is 23.2 Å². The molecule has 0 rings (SSSR count). The molecule has 0 aliphatic rings. The highest BCUT2D eigenvalue weighted by Crippen LogP contribution is 2.26. The fourth-order valence-electron chi connectivity index (χ4n) is 0.610. The van der Waals surface area contributed by atoms with E-state index in [0.717, 1.165) is 13.8 Å². The molecule has 0 aliphatic carbocycles. The summed E-state index contributed by atoms with van der Waals surface area (Å²) in [6, 6.07) is 0. The van der Waals surface area contributed by atoms with Crippen LogP contribution < -0.4 is 0 Å². The van der Waals surface area contributed by atoms with Gasteiger partial charge in [0.05, 0.1) is 0 Å². The summed E-state index contributed by atoms with van der Waals surface area (Å²) in [6.07, 6.45) is 0. The van der Waals surface area contributed by atoms with Crippen molar-refractivity contribution in [3.63, 3.8) is 0 Å². The Labute approximate surface area is 80.4 Å². The standard InChI is InChI=1S/C6H10Cl2O4/c1-4(9)11-6(3,8)12-5(2,7)10/h10H,1-3H3. The van der Waals surface area contributed by atoms with Crippen molar-refractivity contribution in [1.82, 2.24) is 0 Å². The molecule has 4 nitrogen and oxygen atoms in total. The van der Waals surface area contributed by atoms with Crippen LogP contribution in [0.2, 0.25) is 0 Å². The van der Waals surface area contributed by atoms with Crippen LogP contribution in [0.25, 0.3) is 0 Å². The van der Waals surface area contributed by atoms with Crippen molar-refractivity contribution in [3.8, 4) is 0 Å². The molecule has 72 valence electrons. The zero-order valence-electron chi connectivity index (χ0n) is 6.93. The summed E-state index contributed by atoms with van der Waals surface area (Å²) >= 11 is 10.8. The van der Waals surface area contributed by atoms with Crippen molar-refractivity contribution in [2.45, 2.75) is 31.3 Å². The van der Waals surface area contributed by atoms with Crippen LogP contribution in [-0.4, -0.2) is 21.6 Å². The van der Waals surface area contributed by atoms with Crippen LogP contribution in [-0.2, 0) is 14.3 Å². The number of rotatable bonds is 3. The third-order valence-electron chi connectivity index (χ3n) is 0.695. The molecule has 0 radical (unpaired) electrons. The highest BCUT2D eigenvalue weighted by atomic mass is 35.5. The first-order chi connectivity index (χ1) is 5.12. The van der Waals surface area contributed by atoms with E-state index in [1.54, 1.807) is 0 Å². The number of alkyl halides is 2. The van der Waals surface area contributed by atoms with Gasteiger partial charge in [0.25, 0.3) is 5.25 Å². The lowest BCUT2D eigenvalue weighted by molar-refractivity contribution is -0.252. The molecule has 1 N–H and O–H groups in total. The molecule has 0 amide bonds. The predicted octanol–water partition coefficient (Wildman–Crippen LogP) is 1.38. The first kappa shape index (κ1) is 12.0. The van der Waals surface area contributed by atoms with E-state index in [0.29, 0.717) is 0 Å². The molecular weight excluding hydrogens is 207 g/mol. The van der Waals surface area contributed by atoms with Gasteiger partial charge in [-0.2, -0.15) is 0 Å². The topological polar surface area (TPSA) is 55.8 Å². The molecule has 2 atom stereocenters. The van der Waals surface area contributed by atoms with Gasteiger partial charge in [0.1, 0.15) is 0 Å². The molecule has 0 saturated carbocycles. The monoisotopic (exact) mass is 216 g/mol. The van der Waals surface area contributed by atoms with Crippen molar-refractivity contribution in [3.05, 3.63) is 0 Å². The van der Waals surface area contributed by atoms with E-state index >= 15 is 0 Å². The molecule has 6 heteroatoms. The van der Waals surface area contributed by atoms with Crippen LogP contribution in [0.3, 0.4) is 0 Å². The van der Waals surface area contributed by atoms with Crippen molar-refractivity contribution in [1.29, 1.82) is 0 Å². The fraction of sp³-hybridized carbons (Fsp3) is 0.833. The molecule has 0 fully saturated rings. The minimum absolute atomic E-state index is 0.631. The summed E-state index contributed by atoms with van der Waals surface area (Å²) < 4.78 is 9.05. The Morgan fingerprint density at radius 1 is 1.42 bits per heavy atom. The van der Waals surface area contributed by atoms with Crippen LogP contribution in [0.15, 0.2) is 0 Å². The minimum atomic E-state index is -1.97.